The third kappa shape index (κ3) is 3.31. The second kappa shape index (κ2) is 4.26. The van der Waals surface area contributed by atoms with Crippen molar-refractivity contribution in [3.63, 3.8) is 0 Å². The van der Waals surface area contributed by atoms with Crippen molar-refractivity contribution in [2.45, 2.75) is 45.7 Å². The van der Waals surface area contributed by atoms with Crippen molar-refractivity contribution in [1.82, 2.24) is 0 Å². The van der Waals surface area contributed by atoms with Gasteiger partial charge in [-0.1, -0.05) is 74.0 Å². The molecule has 0 aliphatic heterocycles. The van der Waals surface area contributed by atoms with Gasteiger partial charge in [-0.25, -0.2) is 0 Å². The van der Waals surface area contributed by atoms with E-state index in [0.29, 0.717) is 0 Å². The number of hydrogen-bond donors (Lipinski definition) is 0. The van der Waals surface area contributed by atoms with Crippen LogP contribution in [-0.2, 0) is 0 Å². The van der Waals surface area contributed by atoms with Crippen LogP contribution in [0.4, 0.5) is 0 Å². The summed E-state index contributed by atoms with van der Waals surface area (Å²) >= 11 is 0. The summed E-state index contributed by atoms with van der Waals surface area (Å²) in [5.74, 6) is 0. The molecular formula is C13H24Si2. The molecule has 0 saturated heterocycles. The standard InChI is InChI=1S/C13H24Si2/c1-14(2,3)13(15(4,5)6)12-10-8-7-9-11-12/h7-10H,11H2,1-6H3. The molecule has 1 aliphatic carbocycles. The van der Waals surface area contributed by atoms with Gasteiger partial charge in [0.05, 0.1) is 16.1 Å². The maximum atomic E-state index is 2.49. The molecule has 0 saturated carbocycles. The summed E-state index contributed by atoms with van der Waals surface area (Å²) in [5.41, 5.74) is 1.62. The average Bonchev–Trinajstić information content (AvgIpc) is 2.00. The second-order valence-corrected chi connectivity index (χ2v) is 16.9. The molecule has 0 amide bonds. The van der Waals surface area contributed by atoms with E-state index in [1.807, 2.05) is 4.82 Å². The SMILES string of the molecule is C[Si](C)(C)C(=C1C=CC=CC1)[Si](C)(C)C. The van der Waals surface area contributed by atoms with Crippen LogP contribution in [0.15, 0.2) is 34.7 Å². The van der Waals surface area contributed by atoms with Gasteiger partial charge in [-0.05, 0) is 6.42 Å². The predicted molar refractivity (Wildman–Crippen MR) is 76.6 cm³/mol. The Labute approximate surface area is 96.8 Å². The Morgan fingerprint density at radius 2 is 1.47 bits per heavy atom. The first kappa shape index (κ1) is 12.7. The van der Waals surface area contributed by atoms with Crippen molar-refractivity contribution >= 4 is 16.1 Å². The highest BCUT2D eigenvalue weighted by Crippen LogP contribution is 2.31. The van der Waals surface area contributed by atoms with Gasteiger partial charge in [0.15, 0.2) is 0 Å². The highest BCUT2D eigenvalue weighted by atomic mass is 28.4. The van der Waals surface area contributed by atoms with Crippen molar-refractivity contribution in [2.75, 3.05) is 0 Å². The van der Waals surface area contributed by atoms with Crippen molar-refractivity contribution in [1.29, 1.82) is 0 Å². The average molecular weight is 237 g/mol. The molecule has 1 rings (SSSR count). The van der Waals surface area contributed by atoms with Crippen LogP contribution in [0.3, 0.4) is 0 Å². The fourth-order valence-corrected chi connectivity index (χ4v) is 14.1. The Bertz CT molecular complexity index is 303. The topological polar surface area (TPSA) is 0 Å². The second-order valence-electron chi connectivity index (χ2n) is 6.39. The number of hydrogen-bond acceptors (Lipinski definition) is 0. The van der Waals surface area contributed by atoms with Crippen LogP contribution in [0, 0.1) is 0 Å². The first-order chi connectivity index (χ1) is 6.73. The minimum absolute atomic E-state index is 1.15. The zero-order valence-electron chi connectivity index (χ0n) is 11.0. The fraction of sp³-hybridized carbons (Fsp3) is 0.538. The van der Waals surface area contributed by atoms with Gasteiger partial charge in [0, 0.05) is 0 Å². The first-order valence-electron chi connectivity index (χ1n) is 5.80. The Hall–Kier alpha value is -0.346. The molecule has 84 valence electrons. The predicted octanol–water partition coefficient (Wildman–Crippen LogP) is 4.55. The summed E-state index contributed by atoms with van der Waals surface area (Å²) in [7, 11) is -2.31. The molecule has 0 nitrogen and oxygen atoms in total. The quantitative estimate of drug-likeness (QED) is 0.617. The molecule has 0 spiro atoms. The number of allylic oxidation sites excluding steroid dienone is 5. The molecule has 0 aromatic carbocycles. The molecule has 0 unspecified atom stereocenters. The van der Waals surface area contributed by atoms with Crippen LogP contribution in [-0.4, -0.2) is 16.1 Å². The molecule has 0 heterocycles. The molecule has 0 N–H and O–H groups in total. The minimum atomic E-state index is -1.15. The van der Waals surface area contributed by atoms with E-state index in [0.717, 1.165) is 6.42 Å². The van der Waals surface area contributed by atoms with Crippen LogP contribution in [0.1, 0.15) is 6.42 Å². The molecule has 0 atom stereocenters. The van der Waals surface area contributed by atoms with Crippen molar-refractivity contribution in [2.24, 2.45) is 0 Å². The van der Waals surface area contributed by atoms with Gasteiger partial charge >= 0.3 is 0 Å². The summed E-state index contributed by atoms with van der Waals surface area (Å²) in [6.45, 7) is 14.9. The van der Waals surface area contributed by atoms with Gasteiger partial charge in [-0.2, -0.15) is 0 Å². The molecule has 1 aliphatic rings. The molecule has 0 aromatic heterocycles. The fourth-order valence-electron chi connectivity index (χ4n) is 2.79. The third-order valence-electron chi connectivity index (χ3n) is 2.70. The van der Waals surface area contributed by atoms with Crippen molar-refractivity contribution in [3.8, 4) is 0 Å². The van der Waals surface area contributed by atoms with E-state index in [2.05, 4.69) is 63.6 Å². The Kier molecular flexibility index (Phi) is 3.61. The highest BCUT2D eigenvalue weighted by Gasteiger charge is 2.32. The van der Waals surface area contributed by atoms with Gasteiger partial charge in [0.2, 0.25) is 0 Å². The van der Waals surface area contributed by atoms with E-state index < -0.39 is 16.1 Å². The first-order valence-corrected chi connectivity index (χ1v) is 12.8. The minimum Gasteiger partial charge on any atom is -0.0878 e. The van der Waals surface area contributed by atoms with Crippen molar-refractivity contribution in [3.05, 3.63) is 34.7 Å². The lowest BCUT2D eigenvalue weighted by Gasteiger charge is -2.34. The van der Waals surface area contributed by atoms with Gasteiger partial charge in [0.1, 0.15) is 0 Å². The third-order valence-corrected chi connectivity index (χ3v) is 10.8. The largest absolute Gasteiger partial charge is 0.0878 e. The maximum absolute atomic E-state index is 2.49. The Morgan fingerprint density at radius 1 is 0.933 bits per heavy atom. The molecular weight excluding hydrogens is 212 g/mol. The van der Waals surface area contributed by atoms with Crippen LogP contribution >= 0.6 is 0 Å². The molecule has 0 aromatic rings. The molecule has 0 bridgehead atoms. The van der Waals surface area contributed by atoms with Crippen molar-refractivity contribution < 1.29 is 0 Å². The smallest absolute Gasteiger partial charge is 0.0685 e. The van der Waals surface area contributed by atoms with E-state index in [9.17, 15) is 0 Å². The lowest BCUT2D eigenvalue weighted by molar-refractivity contribution is 1.25. The molecule has 0 fully saturated rings. The van der Waals surface area contributed by atoms with Gasteiger partial charge < -0.3 is 0 Å². The normalized spacial score (nSPS) is 17.1. The Morgan fingerprint density at radius 3 is 1.80 bits per heavy atom. The van der Waals surface area contributed by atoms with Gasteiger partial charge in [-0.3, -0.25) is 0 Å². The van der Waals surface area contributed by atoms with E-state index in [4.69, 9.17) is 0 Å². The molecule has 2 heteroatoms. The van der Waals surface area contributed by atoms with Crippen LogP contribution in [0.5, 0.6) is 0 Å². The van der Waals surface area contributed by atoms with E-state index in [1.54, 1.807) is 5.57 Å². The summed E-state index contributed by atoms with van der Waals surface area (Å²) in [4.78, 5) is 1.86. The van der Waals surface area contributed by atoms with Crippen LogP contribution in [0.2, 0.25) is 39.3 Å². The summed E-state index contributed by atoms with van der Waals surface area (Å²) in [5, 5.41) is 0. The van der Waals surface area contributed by atoms with E-state index in [1.165, 1.54) is 0 Å². The molecule has 0 radical (unpaired) electrons. The highest BCUT2D eigenvalue weighted by molar-refractivity contribution is 7.04. The Balaban J connectivity index is 3.23. The van der Waals surface area contributed by atoms with Gasteiger partial charge in [-0.15, -0.1) is 0 Å². The summed E-state index contributed by atoms with van der Waals surface area (Å²) in [6.07, 6.45) is 10.1. The lowest BCUT2D eigenvalue weighted by atomic mass is 10.1. The lowest BCUT2D eigenvalue weighted by Crippen LogP contribution is -2.41. The zero-order chi connectivity index (χ0) is 11.7. The zero-order valence-corrected chi connectivity index (χ0v) is 13.0. The monoisotopic (exact) mass is 236 g/mol. The maximum Gasteiger partial charge on any atom is 0.0685 e. The summed E-state index contributed by atoms with van der Waals surface area (Å²) in [6, 6.07) is 0. The molecule has 15 heavy (non-hydrogen) atoms. The van der Waals surface area contributed by atoms with E-state index >= 15 is 0 Å². The number of rotatable bonds is 2. The van der Waals surface area contributed by atoms with Crippen LogP contribution < -0.4 is 0 Å². The summed E-state index contributed by atoms with van der Waals surface area (Å²) < 4.78 is 0. The van der Waals surface area contributed by atoms with Gasteiger partial charge in [0.25, 0.3) is 0 Å². The van der Waals surface area contributed by atoms with E-state index in [-0.39, 0.29) is 0 Å². The van der Waals surface area contributed by atoms with Crippen LogP contribution in [0.25, 0.3) is 0 Å².